The maximum Gasteiger partial charge on any atom is 0.333 e. The van der Waals surface area contributed by atoms with Crippen molar-refractivity contribution in [3.8, 4) is 0 Å². The van der Waals surface area contributed by atoms with Crippen molar-refractivity contribution >= 4 is 5.97 Å². The number of hydrogen-bond acceptors (Lipinski definition) is 6. The molecule has 0 amide bonds. The van der Waals surface area contributed by atoms with E-state index in [1.807, 2.05) is 20.8 Å². The Morgan fingerprint density at radius 2 is 1.96 bits per heavy atom. The van der Waals surface area contributed by atoms with Crippen LogP contribution < -0.4 is 0 Å². The van der Waals surface area contributed by atoms with Gasteiger partial charge >= 0.3 is 5.97 Å². The highest BCUT2D eigenvalue weighted by molar-refractivity contribution is 5.85. The van der Waals surface area contributed by atoms with E-state index < -0.39 is 34.8 Å². The van der Waals surface area contributed by atoms with Crippen LogP contribution in [0.3, 0.4) is 0 Å². The van der Waals surface area contributed by atoms with Crippen LogP contribution in [0.25, 0.3) is 0 Å². The number of ether oxygens (including phenoxy) is 1. The second-order valence-electron chi connectivity index (χ2n) is 9.20. The fourth-order valence-electron chi connectivity index (χ4n) is 6.25. The molecule has 0 bridgehead atoms. The summed E-state index contributed by atoms with van der Waals surface area (Å²) in [5.41, 5.74) is -1.54. The largest absolute Gasteiger partial charge is 0.429 e. The lowest BCUT2D eigenvalue weighted by Gasteiger charge is -2.64. The van der Waals surface area contributed by atoms with Crippen LogP contribution in [0.1, 0.15) is 59.3 Å². The smallest absolute Gasteiger partial charge is 0.333 e. The quantitative estimate of drug-likeness (QED) is 0.560. The molecular weight excluding hydrogens is 336 g/mol. The minimum Gasteiger partial charge on any atom is -0.429 e. The van der Waals surface area contributed by atoms with Crippen molar-refractivity contribution in [1.82, 2.24) is 0 Å². The molecule has 0 spiro atoms. The van der Waals surface area contributed by atoms with Crippen molar-refractivity contribution in [2.75, 3.05) is 6.61 Å². The van der Waals surface area contributed by atoms with E-state index >= 15 is 0 Å². The van der Waals surface area contributed by atoms with Gasteiger partial charge in [-0.2, -0.15) is 0 Å². The van der Waals surface area contributed by atoms with Crippen molar-refractivity contribution in [3.63, 3.8) is 0 Å². The molecule has 1 aliphatic heterocycles. The van der Waals surface area contributed by atoms with E-state index in [2.05, 4.69) is 0 Å². The van der Waals surface area contributed by atoms with E-state index in [-0.39, 0.29) is 18.4 Å². The number of hydrogen-bond donors (Lipinski definition) is 4. The topological polar surface area (TPSA) is 107 Å². The molecule has 7 atom stereocenters. The van der Waals surface area contributed by atoms with Crippen molar-refractivity contribution in [2.24, 2.45) is 22.7 Å². The number of carbonyl (C=O) groups is 1. The van der Waals surface area contributed by atoms with Gasteiger partial charge < -0.3 is 25.2 Å². The lowest BCUT2D eigenvalue weighted by Crippen LogP contribution is -2.67. The van der Waals surface area contributed by atoms with Crippen LogP contribution in [0.5, 0.6) is 0 Å². The van der Waals surface area contributed by atoms with Crippen LogP contribution in [0.15, 0.2) is 11.6 Å². The van der Waals surface area contributed by atoms with Gasteiger partial charge in [-0.25, -0.2) is 4.79 Å². The maximum absolute atomic E-state index is 11.8. The van der Waals surface area contributed by atoms with E-state index in [9.17, 15) is 25.2 Å². The number of cyclic esters (lactones) is 1. The van der Waals surface area contributed by atoms with Crippen molar-refractivity contribution < 1.29 is 30.0 Å². The Labute approximate surface area is 154 Å². The predicted octanol–water partition coefficient (Wildman–Crippen LogP) is 1.50. The van der Waals surface area contributed by atoms with E-state index in [1.54, 1.807) is 0 Å². The first kappa shape index (κ1) is 19.8. The van der Waals surface area contributed by atoms with Gasteiger partial charge in [-0.15, -0.1) is 0 Å². The number of esters is 1. The molecule has 6 heteroatoms. The molecule has 0 unspecified atom stereocenters. The summed E-state index contributed by atoms with van der Waals surface area (Å²) in [6.45, 7) is 5.98. The summed E-state index contributed by atoms with van der Waals surface area (Å²) < 4.78 is 4.74. The molecule has 3 rings (SSSR count). The van der Waals surface area contributed by atoms with Gasteiger partial charge in [0.1, 0.15) is 0 Å². The fourth-order valence-corrected chi connectivity index (χ4v) is 6.25. The Bertz CT molecular complexity index is 603. The first-order chi connectivity index (χ1) is 12.1. The van der Waals surface area contributed by atoms with Gasteiger partial charge in [0.05, 0.1) is 11.7 Å². The van der Waals surface area contributed by atoms with Crippen LogP contribution in [0, 0.1) is 22.7 Å². The van der Waals surface area contributed by atoms with Crippen molar-refractivity contribution in [3.05, 3.63) is 11.6 Å². The van der Waals surface area contributed by atoms with Crippen molar-refractivity contribution in [2.45, 2.75) is 77.3 Å². The number of rotatable bonds is 4. The number of carbonyl (C=O) groups excluding carboxylic acids is 1. The van der Waals surface area contributed by atoms with Gasteiger partial charge in [0.25, 0.3) is 0 Å². The van der Waals surface area contributed by atoms with Gasteiger partial charge in [0.15, 0.2) is 0 Å². The van der Waals surface area contributed by atoms with E-state index in [0.29, 0.717) is 24.8 Å². The molecule has 2 saturated carbocycles. The first-order valence-electron chi connectivity index (χ1n) is 9.68. The third-order valence-corrected chi connectivity index (χ3v) is 7.67. The third kappa shape index (κ3) is 2.82. The van der Waals surface area contributed by atoms with Gasteiger partial charge in [-0.05, 0) is 43.4 Å². The molecule has 1 heterocycles. The highest BCUT2D eigenvalue weighted by Crippen LogP contribution is 2.63. The van der Waals surface area contributed by atoms with Gasteiger partial charge in [0, 0.05) is 29.6 Å². The lowest BCUT2D eigenvalue weighted by atomic mass is 9.43. The van der Waals surface area contributed by atoms with E-state index in [0.717, 1.165) is 19.3 Å². The van der Waals surface area contributed by atoms with Crippen molar-refractivity contribution in [1.29, 1.82) is 0 Å². The number of aliphatic hydroxyl groups excluding tert-OH is 3. The highest BCUT2D eigenvalue weighted by atomic mass is 16.6. The second kappa shape index (κ2) is 6.59. The Hall–Kier alpha value is -0.950. The molecule has 0 saturated heterocycles. The summed E-state index contributed by atoms with van der Waals surface area (Å²) in [6.07, 6.45) is 3.23. The zero-order valence-electron chi connectivity index (χ0n) is 15.9. The summed E-state index contributed by atoms with van der Waals surface area (Å²) in [5, 5.41) is 42.5. The summed E-state index contributed by atoms with van der Waals surface area (Å²) in [6, 6.07) is 0. The zero-order chi connectivity index (χ0) is 19.3. The Balaban J connectivity index is 1.91. The third-order valence-electron chi connectivity index (χ3n) is 7.67. The summed E-state index contributed by atoms with van der Waals surface area (Å²) >= 11 is 0. The molecule has 3 aliphatic rings. The second-order valence-corrected chi connectivity index (χ2v) is 9.20. The Morgan fingerprint density at radius 1 is 1.27 bits per heavy atom. The van der Waals surface area contributed by atoms with E-state index in [1.165, 1.54) is 6.08 Å². The van der Waals surface area contributed by atoms with Crippen LogP contribution in [0.2, 0.25) is 0 Å². The molecule has 26 heavy (non-hydrogen) atoms. The van der Waals surface area contributed by atoms with Gasteiger partial charge in [0.2, 0.25) is 6.29 Å². The standard InChI is InChI=1S/C20H32O6/c1-12-9-14(22)16-18(2,11-21)6-4-7-19(16,3)20(12,25)8-5-13-10-15(23)26-17(13)24/h10,12,14,16-17,21-22,24-25H,4-9,11H2,1-3H3/t12-,14-,16+,17-,18-,19-,20-/m1/s1. The highest BCUT2D eigenvalue weighted by Gasteiger charge is 2.64. The molecule has 6 nitrogen and oxygen atoms in total. The maximum atomic E-state index is 11.8. The average Bonchev–Trinajstić information content (AvgIpc) is 2.88. The summed E-state index contributed by atoms with van der Waals surface area (Å²) in [7, 11) is 0. The normalized spacial score (nSPS) is 48.7. The van der Waals surface area contributed by atoms with Crippen LogP contribution in [-0.2, 0) is 9.53 Å². The number of aliphatic hydroxyl groups is 4. The monoisotopic (exact) mass is 368 g/mol. The Kier molecular flexibility index (Phi) is 5.02. The molecule has 0 aromatic heterocycles. The Morgan fingerprint density at radius 3 is 2.54 bits per heavy atom. The predicted molar refractivity (Wildman–Crippen MR) is 94.8 cm³/mol. The fraction of sp³-hybridized carbons (Fsp3) is 0.850. The average molecular weight is 368 g/mol. The lowest BCUT2D eigenvalue weighted by molar-refractivity contribution is -0.251. The summed E-state index contributed by atoms with van der Waals surface area (Å²) in [4.78, 5) is 11.3. The van der Waals surface area contributed by atoms with Gasteiger partial charge in [-0.1, -0.05) is 27.2 Å². The molecule has 0 radical (unpaired) electrons. The van der Waals surface area contributed by atoms with E-state index in [4.69, 9.17) is 4.74 Å². The zero-order valence-corrected chi connectivity index (χ0v) is 15.9. The van der Waals surface area contributed by atoms with Crippen LogP contribution in [0.4, 0.5) is 0 Å². The van der Waals surface area contributed by atoms with Crippen LogP contribution in [-0.4, -0.2) is 51.0 Å². The van der Waals surface area contributed by atoms with Crippen LogP contribution >= 0.6 is 0 Å². The first-order valence-corrected chi connectivity index (χ1v) is 9.68. The number of fused-ring (bicyclic) bond motifs is 1. The molecular formula is C20H32O6. The molecule has 4 N–H and O–H groups in total. The SMILES string of the molecule is C[C@@H]1C[C@@H](O)[C@H]2[C@@](C)(CO)CCC[C@@]2(C)[C@@]1(O)CCC1=CC(=O)O[C@H]1O. The molecule has 0 aromatic rings. The molecule has 2 aliphatic carbocycles. The minimum absolute atomic E-state index is 0.0129. The van der Waals surface area contributed by atoms with Gasteiger partial charge in [-0.3, -0.25) is 0 Å². The summed E-state index contributed by atoms with van der Waals surface area (Å²) in [5.74, 6) is -0.882. The molecule has 2 fully saturated rings. The molecule has 148 valence electrons. The molecule has 0 aromatic carbocycles. The minimum atomic E-state index is -1.23.